The molecule has 0 saturated carbocycles. The molecule has 0 fully saturated rings. The van der Waals surface area contributed by atoms with Gasteiger partial charge in [0, 0.05) is 6.04 Å². The van der Waals surface area contributed by atoms with Crippen LogP contribution in [0.1, 0.15) is 68.2 Å². The summed E-state index contributed by atoms with van der Waals surface area (Å²) in [5, 5.41) is 0. The molecular formula is C17H44N2. The van der Waals surface area contributed by atoms with Crippen molar-refractivity contribution in [2.45, 2.75) is 74.3 Å². The van der Waals surface area contributed by atoms with Crippen LogP contribution in [0.3, 0.4) is 0 Å². The zero-order valence-electron chi connectivity index (χ0n) is 16.2. The Labute approximate surface area is 125 Å². The van der Waals surface area contributed by atoms with Crippen LogP contribution in [0.15, 0.2) is 0 Å². The molecule has 0 spiro atoms. The molecule has 0 N–H and O–H groups in total. The van der Waals surface area contributed by atoms with E-state index in [4.69, 9.17) is 0 Å². The zero-order valence-corrected chi connectivity index (χ0v) is 16.2. The third-order valence-electron chi connectivity index (χ3n) is 2.20. The van der Waals surface area contributed by atoms with Crippen molar-refractivity contribution in [1.29, 1.82) is 0 Å². The second-order valence-electron chi connectivity index (χ2n) is 5.58. The maximum Gasteiger partial charge on any atom is 0.00582 e. The summed E-state index contributed by atoms with van der Waals surface area (Å²) in [5.74, 6) is 0.801. The largest absolute Gasteiger partial charge is 0.309 e. The van der Waals surface area contributed by atoms with Gasteiger partial charge in [-0.15, -0.1) is 0 Å². The average Bonchev–Trinajstić information content (AvgIpc) is 2.30. The molecule has 0 aliphatic carbocycles. The van der Waals surface area contributed by atoms with E-state index in [0.717, 1.165) is 12.0 Å². The van der Waals surface area contributed by atoms with Gasteiger partial charge in [-0.3, -0.25) is 0 Å². The van der Waals surface area contributed by atoms with Crippen molar-refractivity contribution >= 4 is 0 Å². The third-order valence-corrected chi connectivity index (χ3v) is 2.20. The summed E-state index contributed by atoms with van der Waals surface area (Å²) < 4.78 is 0. The molecule has 122 valence electrons. The van der Waals surface area contributed by atoms with Crippen LogP contribution in [0.5, 0.6) is 0 Å². The van der Waals surface area contributed by atoms with Crippen LogP contribution in [0.4, 0.5) is 0 Å². The Morgan fingerprint density at radius 1 is 0.789 bits per heavy atom. The second kappa shape index (κ2) is 23.0. The molecule has 0 saturated heterocycles. The predicted octanol–water partition coefficient (Wildman–Crippen LogP) is 4.99. The van der Waals surface area contributed by atoms with Gasteiger partial charge in [0.25, 0.3) is 0 Å². The average molecular weight is 277 g/mol. The van der Waals surface area contributed by atoms with Gasteiger partial charge < -0.3 is 9.80 Å². The molecule has 0 aliphatic heterocycles. The molecule has 0 aliphatic rings. The van der Waals surface area contributed by atoms with Crippen LogP contribution < -0.4 is 0 Å². The molecule has 1 unspecified atom stereocenters. The Balaban J connectivity index is -0.0000000888. The Morgan fingerprint density at radius 3 is 1.11 bits per heavy atom. The van der Waals surface area contributed by atoms with Gasteiger partial charge >= 0.3 is 0 Å². The highest BCUT2D eigenvalue weighted by atomic mass is 15.1. The van der Waals surface area contributed by atoms with E-state index in [1.807, 2.05) is 13.8 Å². The first-order valence-corrected chi connectivity index (χ1v) is 8.03. The van der Waals surface area contributed by atoms with Crippen LogP contribution in [0, 0.1) is 5.92 Å². The lowest BCUT2D eigenvalue weighted by molar-refractivity contribution is 0.307. The van der Waals surface area contributed by atoms with E-state index < -0.39 is 0 Å². The summed E-state index contributed by atoms with van der Waals surface area (Å²) in [4.78, 5) is 4.42. The molecule has 19 heavy (non-hydrogen) atoms. The predicted molar refractivity (Wildman–Crippen MR) is 94.1 cm³/mol. The number of hydrogen-bond acceptors (Lipinski definition) is 2. The minimum atomic E-state index is 0.736. The number of hydrogen-bond donors (Lipinski definition) is 0. The van der Waals surface area contributed by atoms with E-state index in [0.29, 0.717) is 0 Å². The third kappa shape index (κ3) is 46.2. The highest BCUT2D eigenvalue weighted by Crippen LogP contribution is 1.94. The lowest BCUT2D eigenvalue weighted by Gasteiger charge is -2.16. The van der Waals surface area contributed by atoms with Gasteiger partial charge in [0.2, 0.25) is 0 Å². The van der Waals surface area contributed by atoms with Crippen molar-refractivity contribution in [2.24, 2.45) is 5.92 Å². The Bertz CT molecular complexity index is 114. The molecule has 0 aromatic carbocycles. The number of rotatable bonds is 4. The first-order chi connectivity index (χ1) is 8.72. The van der Waals surface area contributed by atoms with Gasteiger partial charge in [0.15, 0.2) is 0 Å². The SMILES string of the molecule is CC.CC(C)CN(C)C.CCC.CCC(C)N(C)C. The Hall–Kier alpha value is -0.0800. The van der Waals surface area contributed by atoms with Gasteiger partial charge in [-0.25, -0.2) is 0 Å². The van der Waals surface area contributed by atoms with Gasteiger partial charge in [-0.1, -0.05) is 54.9 Å². The van der Waals surface area contributed by atoms with Crippen LogP contribution >= 0.6 is 0 Å². The van der Waals surface area contributed by atoms with Crippen LogP contribution in [0.2, 0.25) is 0 Å². The summed E-state index contributed by atoms with van der Waals surface area (Å²) in [6, 6.07) is 0.736. The van der Waals surface area contributed by atoms with Crippen molar-refractivity contribution in [3.63, 3.8) is 0 Å². The molecule has 0 heterocycles. The molecule has 0 rings (SSSR count). The summed E-state index contributed by atoms with van der Waals surface area (Å²) in [6.45, 7) is 18.3. The first-order valence-electron chi connectivity index (χ1n) is 8.03. The molecular weight excluding hydrogens is 232 g/mol. The van der Waals surface area contributed by atoms with Crippen molar-refractivity contribution < 1.29 is 0 Å². The summed E-state index contributed by atoms with van der Waals surface area (Å²) >= 11 is 0. The molecule has 0 bridgehead atoms. The van der Waals surface area contributed by atoms with Crippen LogP contribution in [-0.4, -0.2) is 50.6 Å². The van der Waals surface area contributed by atoms with Gasteiger partial charge in [0.05, 0.1) is 0 Å². The van der Waals surface area contributed by atoms with E-state index >= 15 is 0 Å². The molecule has 0 aromatic heterocycles. The molecule has 2 nitrogen and oxygen atoms in total. The normalized spacial score (nSPS) is 10.9. The van der Waals surface area contributed by atoms with Crippen LogP contribution in [-0.2, 0) is 0 Å². The van der Waals surface area contributed by atoms with Crippen molar-refractivity contribution in [1.82, 2.24) is 9.80 Å². The molecule has 1 atom stereocenters. The Kier molecular flexibility index (Phi) is 33.1. The van der Waals surface area contributed by atoms with Crippen molar-refractivity contribution in [3.8, 4) is 0 Å². The highest BCUT2D eigenvalue weighted by Gasteiger charge is 1.97. The monoisotopic (exact) mass is 276 g/mol. The zero-order chi connectivity index (χ0) is 16.4. The van der Waals surface area contributed by atoms with E-state index in [1.165, 1.54) is 19.4 Å². The summed E-state index contributed by atoms with van der Waals surface area (Å²) in [6.07, 6.45) is 2.49. The smallest absolute Gasteiger partial charge is 0.00582 e. The van der Waals surface area contributed by atoms with Gasteiger partial charge in [-0.05, 0) is 54.0 Å². The fourth-order valence-corrected chi connectivity index (χ4v) is 1.10. The van der Waals surface area contributed by atoms with E-state index in [1.54, 1.807) is 0 Å². The van der Waals surface area contributed by atoms with Crippen molar-refractivity contribution in [2.75, 3.05) is 34.7 Å². The van der Waals surface area contributed by atoms with E-state index in [9.17, 15) is 0 Å². The summed E-state index contributed by atoms with van der Waals surface area (Å²) in [5.41, 5.74) is 0. The van der Waals surface area contributed by atoms with Crippen LogP contribution in [0.25, 0.3) is 0 Å². The lowest BCUT2D eigenvalue weighted by Crippen LogP contribution is -2.23. The molecule has 0 amide bonds. The minimum absolute atomic E-state index is 0.736. The maximum absolute atomic E-state index is 2.22. The van der Waals surface area contributed by atoms with Gasteiger partial charge in [-0.2, -0.15) is 0 Å². The van der Waals surface area contributed by atoms with E-state index in [-0.39, 0.29) is 0 Å². The number of nitrogens with zero attached hydrogens (tertiary/aromatic N) is 2. The lowest BCUT2D eigenvalue weighted by atomic mass is 10.2. The second-order valence-corrected chi connectivity index (χ2v) is 5.58. The minimum Gasteiger partial charge on any atom is -0.309 e. The first kappa shape index (κ1) is 27.3. The fraction of sp³-hybridized carbons (Fsp3) is 1.00. The standard InChI is InChI=1S/2C6H15N.C3H8.C2H6/c1-6(2)5-7(3)4;1-5-6(2)7(3)4;1-3-2;1-2/h2*6H,5H2,1-4H3;3H2,1-2H3;1-2H3. The molecule has 0 radical (unpaired) electrons. The van der Waals surface area contributed by atoms with Gasteiger partial charge in [0.1, 0.15) is 0 Å². The molecule has 2 heteroatoms. The maximum atomic E-state index is 2.22. The Morgan fingerprint density at radius 2 is 1.11 bits per heavy atom. The summed E-state index contributed by atoms with van der Waals surface area (Å²) in [7, 11) is 8.41. The fourth-order valence-electron chi connectivity index (χ4n) is 1.10. The van der Waals surface area contributed by atoms with Crippen molar-refractivity contribution in [3.05, 3.63) is 0 Å². The van der Waals surface area contributed by atoms with E-state index in [2.05, 4.69) is 79.5 Å². The highest BCUT2D eigenvalue weighted by molar-refractivity contribution is 4.53. The molecule has 0 aromatic rings. The quantitative estimate of drug-likeness (QED) is 0.713. The topological polar surface area (TPSA) is 6.48 Å².